The van der Waals surface area contributed by atoms with E-state index in [-0.39, 0.29) is 22.1 Å². The van der Waals surface area contributed by atoms with Crippen LogP contribution < -0.4 is 5.32 Å². The third-order valence-corrected chi connectivity index (χ3v) is 6.50. The lowest BCUT2D eigenvalue weighted by atomic mass is 10.1. The Bertz CT molecular complexity index is 785. The molecule has 7 nitrogen and oxygen atoms in total. The Morgan fingerprint density at radius 2 is 1.96 bits per heavy atom. The molecule has 1 aromatic rings. The molecular weight excluding hydrogens is 330 g/mol. The van der Waals surface area contributed by atoms with Crippen LogP contribution >= 0.6 is 0 Å². The summed E-state index contributed by atoms with van der Waals surface area (Å²) in [5.74, 6) is -0.860. The summed E-state index contributed by atoms with van der Waals surface area (Å²) in [5, 5.41) is 3.18. The van der Waals surface area contributed by atoms with Gasteiger partial charge in [0.25, 0.3) is 11.8 Å². The zero-order valence-electron chi connectivity index (χ0n) is 13.8. The maximum atomic E-state index is 13.1. The number of benzene rings is 1. The Morgan fingerprint density at radius 3 is 2.58 bits per heavy atom. The number of rotatable bonds is 5. The molecule has 0 saturated carbocycles. The lowest BCUT2D eigenvalue weighted by Crippen LogP contribution is -2.42. The van der Waals surface area contributed by atoms with Crippen LogP contribution in [0, 0.1) is 0 Å². The fourth-order valence-electron chi connectivity index (χ4n) is 3.24. The fraction of sp³-hybridized carbons (Fsp3) is 0.500. The van der Waals surface area contributed by atoms with Crippen LogP contribution in [0.1, 0.15) is 40.5 Å². The van der Waals surface area contributed by atoms with Gasteiger partial charge in [0.05, 0.1) is 16.0 Å². The zero-order chi connectivity index (χ0) is 17.5. The van der Waals surface area contributed by atoms with E-state index in [2.05, 4.69) is 5.32 Å². The van der Waals surface area contributed by atoms with Gasteiger partial charge in [-0.1, -0.05) is 6.92 Å². The van der Waals surface area contributed by atoms with Gasteiger partial charge in [-0.25, -0.2) is 8.42 Å². The number of nitrogens with one attached hydrogen (secondary N) is 1. The van der Waals surface area contributed by atoms with Crippen LogP contribution in [0.5, 0.6) is 0 Å². The Hall–Kier alpha value is -1.77. The molecule has 0 bridgehead atoms. The molecule has 1 fully saturated rings. The zero-order valence-corrected chi connectivity index (χ0v) is 14.6. The van der Waals surface area contributed by atoms with Crippen molar-refractivity contribution in [2.75, 3.05) is 26.7 Å². The molecule has 1 N–H and O–H groups in total. The molecule has 0 aromatic heterocycles. The summed E-state index contributed by atoms with van der Waals surface area (Å²) >= 11 is 0. The standard InChI is InChI=1S/C16H21N3O4S/c1-3-8-19(11-6-7-17-10-11)24(22,23)12-4-5-13-14(9-12)16(21)18(2)15(13)20/h4-5,9,11,17H,3,6-8,10H2,1-2H3. The van der Waals surface area contributed by atoms with E-state index >= 15 is 0 Å². The van der Waals surface area contributed by atoms with E-state index in [9.17, 15) is 18.0 Å². The van der Waals surface area contributed by atoms with Gasteiger partial charge in [0.1, 0.15) is 0 Å². The summed E-state index contributed by atoms with van der Waals surface area (Å²) < 4.78 is 27.6. The van der Waals surface area contributed by atoms with Gasteiger partial charge >= 0.3 is 0 Å². The summed E-state index contributed by atoms with van der Waals surface area (Å²) in [5.41, 5.74) is 0.413. The molecule has 8 heteroatoms. The first-order valence-electron chi connectivity index (χ1n) is 8.07. The minimum absolute atomic E-state index is 0.0676. The van der Waals surface area contributed by atoms with E-state index in [0.29, 0.717) is 19.5 Å². The predicted molar refractivity (Wildman–Crippen MR) is 88.3 cm³/mol. The molecule has 24 heavy (non-hydrogen) atoms. The van der Waals surface area contributed by atoms with Gasteiger partial charge in [-0.05, 0) is 37.6 Å². The summed E-state index contributed by atoms with van der Waals surface area (Å²) in [6.45, 7) is 3.79. The number of fused-ring (bicyclic) bond motifs is 1. The van der Waals surface area contributed by atoms with Gasteiger partial charge in [0.15, 0.2) is 0 Å². The Balaban J connectivity index is 2.01. The van der Waals surface area contributed by atoms with Gasteiger partial charge in [-0.3, -0.25) is 14.5 Å². The summed E-state index contributed by atoms with van der Waals surface area (Å²) in [4.78, 5) is 25.1. The minimum Gasteiger partial charge on any atom is -0.315 e. The first kappa shape index (κ1) is 17.1. The molecule has 1 atom stereocenters. The highest BCUT2D eigenvalue weighted by molar-refractivity contribution is 7.89. The fourth-order valence-corrected chi connectivity index (χ4v) is 5.01. The van der Waals surface area contributed by atoms with E-state index in [1.807, 2.05) is 6.92 Å². The monoisotopic (exact) mass is 351 g/mol. The first-order valence-corrected chi connectivity index (χ1v) is 9.51. The number of amides is 2. The molecule has 1 saturated heterocycles. The highest BCUT2D eigenvalue weighted by Crippen LogP contribution is 2.27. The minimum atomic E-state index is -3.72. The number of carbonyl (C=O) groups is 2. The topological polar surface area (TPSA) is 86.8 Å². The van der Waals surface area contributed by atoms with Crippen molar-refractivity contribution in [2.24, 2.45) is 0 Å². The van der Waals surface area contributed by atoms with Crippen LogP contribution in [-0.2, 0) is 10.0 Å². The summed E-state index contributed by atoms with van der Waals surface area (Å²) in [6.07, 6.45) is 1.48. The van der Waals surface area contributed by atoms with Gasteiger partial charge in [-0.2, -0.15) is 4.31 Å². The number of carbonyl (C=O) groups excluding carboxylic acids is 2. The highest BCUT2D eigenvalue weighted by atomic mass is 32.2. The van der Waals surface area contributed by atoms with Gasteiger partial charge in [-0.15, -0.1) is 0 Å². The van der Waals surface area contributed by atoms with E-state index in [4.69, 9.17) is 0 Å². The van der Waals surface area contributed by atoms with Crippen molar-refractivity contribution in [1.29, 1.82) is 0 Å². The lowest BCUT2D eigenvalue weighted by molar-refractivity contribution is 0.0693. The highest BCUT2D eigenvalue weighted by Gasteiger charge is 2.37. The molecule has 2 aliphatic rings. The predicted octanol–water partition coefficient (Wildman–Crippen LogP) is 0.675. The molecule has 1 unspecified atom stereocenters. The van der Waals surface area contributed by atoms with Crippen LogP contribution in [-0.4, -0.2) is 62.2 Å². The van der Waals surface area contributed by atoms with Crippen LogP contribution in [0.2, 0.25) is 0 Å². The van der Waals surface area contributed by atoms with Crippen LogP contribution in [0.25, 0.3) is 0 Å². The maximum absolute atomic E-state index is 13.1. The maximum Gasteiger partial charge on any atom is 0.261 e. The van der Waals surface area contributed by atoms with Gasteiger partial charge < -0.3 is 5.32 Å². The lowest BCUT2D eigenvalue weighted by Gasteiger charge is -2.27. The van der Waals surface area contributed by atoms with Crippen LogP contribution in [0.3, 0.4) is 0 Å². The molecule has 0 aliphatic carbocycles. The summed E-state index contributed by atoms with van der Waals surface area (Å²) in [7, 11) is -2.32. The molecular formula is C16H21N3O4S. The van der Waals surface area contributed by atoms with E-state index < -0.39 is 21.8 Å². The van der Waals surface area contributed by atoms with Crippen molar-refractivity contribution in [3.8, 4) is 0 Å². The van der Waals surface area contributed by atoms with Crippen molar-refractivity contribution in [3.63, 3.8) is 0 Å². The molecule has 2 amide bonds. The number of hydrogen-bond acceptors (Lipinski definition) is 5. The molecule has 3 rings (SSSR count). The Kier molecular flexibility index (Phi) is 4.46. The van der Waals surface area contributed by atoms with Crippen molar-refractivity contribution in [3.05, 3.63) is 29.3 Å². The Morgan fingerprint density at radius 1 is 1.25 bits per heavy atom. The average Bonchev–Trinajstić information content (AvgIpc) is 3.16. The van der Waals surface area contributed by atoms with E-state index in [0.717, 1.165) is 17.9 Å². The van der Waals surface area contributed by atoms with Crippen molar-refractivity contribution in [2.45, 2.75) is 30.7 Å². The van der Waals surface area contributed by atoms with Crippen LogP contribution in [0.15, 0.2) is 23.1 Å². The van der Waals surface area contributed by atoms with Crippen LogP contribution in [0.4, 0.5) is 0 Å². The van der Waals surface area contributed by atoms with Crippen molar-refractivity contribution >= 4 is 21.8 Å². The average molecular weight is 351 g/mol. The molecule has 130 valence electrons. The molecule has 2 aliphatic heterocycles. The number of imide groups is 1. The molecule has 0 radical (unpaired) electrons. The molecule has 1 aromatic carbocycles. The van der Waals surface area contributed by atoms with Crippen molar-refractivity contribution in [1.82, 2.24) is 14.5 Å². The quantitative estimate of drug-likeness (QED) is 0.788. The largest absolute Gasteiger partial charge is 0.315 e. The second-order valence-corrected chi connectivity index (χ2v) is 8.03. The second kappa shape index (κ2) is 6.27. The Labute approximate surface area is 141 Å². The second-order valence-electron chi connectivity index (χ2n) is 6.14. The number of hydrogen-bond donors (Lipinski definition) is 1. The third-order valence-electron chi connectivity index (χ3n) is 4.55. The molecule has 2 heterocycles. The summed E-state index contributed by atoms with van der Waals surface area (Å²) in [6, 6.07) is 4.11. The number of nitrogens with zero attached hydrogens (tertiary/aromatic N) is 2. The van der Waals surface area contributed by atoms with E-state index in [1.165, 1.54) is 29.6 Å². The first-order chi connectivity index (χ1) is 11.4. The smallest absolute Gasteiger partial charge is 0.261 e. The number of sulfonamides is 1. The third kappa shape index (κ3) is 2.64. The van der Waals surface area contributed by atoms with Gasteiger partial charge in [0, 0.05) is 26.2 Å². The SMILES string of the molecule is CCCN(C1CCNC1)S(=O)(=O)c1ccc2c(c1)C(=O)N(C)C2=O. The van der Waals surface area contributed by atoms with Crippen molar-refractivity contribution < 1.29 is 18.0 Å². The molecule has 0 spiro atoms. The van der Waals surface area contributed by atoms with E-state index in [1.54, 1.807) is 0 Å². The normalized spacial score (nSPS) is 21.0. The van der Waals surface area contributed by atoms with Gasteiger partial charge in [0.2, 0.25) is 10.0 Å².